The largest absolute Gasteiger partial charge is 0.494 e. The van der Waals surface area contributed by atoms with E-state index in [1.807, 2.05) is 32.0 Å². The first kappa shape index (κ1) is 21.5. The maximum absolute atomic E-state index is 10.7. The Kier molecular flexibility index (Phi) is 7.80. The molecule has 0 bridgehead atoms. The third kappa shape index (κ3) is 6.66. The van der Waals surface area contributed by atoms with Crippen molar-refractivity contribution >= 4 is 17.7 Å². The Morgan fingerprint density at radius 1 is 1.14 bits per heavy atom. The molecule has 0 aromatic heterocycles. The second-order valence-corrected chi connectivity index (χ2v) is 7.99. The summed E-state index contributed by atoms with van der Waals surface area (Å²) in [6, 6.07) is 12.1. The number of carbonyl (C=O) groups is 1. The number of morpholine rings is 1. The highest BCUT2D eigenvalue weighted by Gasteiger charge is 2.13. The minimum atomic E-state index is -0.983. The van der Waals surface area contributed by atoms with Gasteiger partial charge in [0.05, 0.1) is 19.8 Å². The Morgan fingerprint density at radius 3 is 2.62 bits per heavy atom. The molecular formula is C22H27NO5S. The van der Waals surface area contributed by atoms with E-state index in [1.54, 1.807) is 11.8 Å². The monoisotopic (exact) mass is 417 g/mol. The molecule has 1 aliphatic rings. The van der Waals surface area contributed by atoms with Crippen molar-refractivity contribution in [2.24, 2.45) is 0 Å². The fraction of sp³-hybridized carbons (Fsp3) is 0.409. The Morgan fingerprint density at radius 2 is 1.93 bits per heavy atom. The van der Waals surface area contributed by atoms with Crippen LogP contribution in [0.1, 0.15) is 18.1 Å². The van der Waals surface area contributed by atoms with Crippen LogP contribution in [0.3, 0.4) is 0 Å². The third-order valence-electron chi connectivity index (χ3n) is 4.49. The van der Waals surface area contributed by atoms with E-state index in [0.29, 0.717) is 12.4 Å². The van der Waals surface area contributed by atoms with E-state index in [4.69, 9.17) is 19.3 Å². The summed E-state index contributed by atoms with van der Waals surface area (Å²) in [5.74, 6) is 0.482. The van der Waals surface area contributed by atoms with Crippen LogP contribution in [0.4, 0.5) is 0 Å². The van der Waals surface area contributed by atoms with Gasteiger partial charge in [0.2, 0.25) is 0 Å². The summed E-state index contributed by atoms with van der Waals surface area (Å²) in [5, 5.41) is 8.78. The number of ether oxygens (including phenoxy) is 3. The van der Waals surface area contributed by atoms with Gasteiger partial charge in [0, 0.05) is 29.4 Å². The number of carboxylic acid groups (broad SMARTS) is 1. The first-order chi connectivity index (χ1) is 14.0. The number of hydrogen-bond acceptors (Lipinski definition) is 6. The van der Waals surface area contributed by atoms with Gasteiger partial charge in [-0.25, -0.2) is 4.79 Å². The first-order valence-corrected chi connectivity index (χ1v) is 10.5. The SMILES string of the molecule is CCOc1cc(CN2CCOCC2)cc(Sc2ccc(OCC(=O)O)c(C)c2)c1. The van der Waals surface area contributed by atoms with Crippen LogP contribution in [0.25, 0.3) is 0 Å². The first-order valence-electron chi connectivity index (χ1n) is 9.73. The van der Waals surface area contributed by atoms with E-state index >= 15 is 0 Å². The molecule has 0 atom stereocenters. The Hall–Kier alpha value is -2.22. The number of rotatable bonds is 9. The van der Waals surface area contributed by atoms with Gasteiger partial charge in [0.15, 0.2) is 6.61 Å². The second kappa shape index (κ2) is 10.5. The van der Waals surface area contributed by atoms with Gasteiger partial charge in [-0.05, 0) is 61.4 Å². The van der Waals surface area contributed by atoms with Gasteiger partial charge in [-0.15, -0.1) is 0 Å². The molecule has 156 valence electrons. The Bertz CT molecular complexity index is 836. The van der Waals surface area contributed by atoms with Crippen molar-refractivity contribution in [3.05, 3.63) is 47.5 Å². The predicted molar refractivity (Wildman–Crippen MR) is 112 cm³/mol. The summed E-state index contributed by atoms with van der Waals surface area (Å²) in [4.78, 5) is 15.3. The lowest BCUT2D eigenvalue weighted by atomic mass is 10.2. The molecule has 0 unspecified atom stereocenters. The zero-order valence-electron chi connectivity index (χ0n) is 16.8. The van der Waals surface area contributed by atoms with Crippen LogP contribution >= 0.6 is 11.8 Å². The van der Waals surface area contributed by atoms with Gasteiger partial charge in [-0.2, -0.15) is 0 Å². The summed E-state index contributed by atoms with van der Waals surface area (Å²) >= 11 is 1.66. The number of hydrogen-bond donors (Lipinski definition) is 1. The van der Waals surface area contributed by atoms with Crippen molar-refractivity contribution in [1.29, 1.82) is 0 Å². The highest BCUT2D eigenvalue weighted by molar-refractivity contribution is 7.99. The van der Waals surface area contributed by atoms with Crippen molar-refractivity contribution < 1.29 is 24.1 Å². The molecule has 6 nitrogen and oxygen atoms in total. The molecule has 29 heavy (non-hydrogen) atoms. The molecule has 0 saturated carbocycles. The molecule has 1 heterocycles. The van der Waals surface area contributed by atoms with Crippen molar-refractivity contribution in [3.63, 3.8) is 0 Å². The van der Waals surface area contributed by atoms with Gasteiger partial charge < -0.3 is 19.3 Å². The lowest BCUT2D eigenvalue weighted by Gasteiger charge is -2.26. The predicted octanol–water partition coefficient (Wildman–Crippen LogP) is 3.84. The van der Waals surface area contributed by atoms with Gasteiger partial charge >= 0.3 is 5.97 Å². The van der Waals surface area contributed by atoms with Gasteiger partial charge in [0.25, 0.3) is 0 Å². The molecular weight excluding hydrogens is 390 g/mol. The molecule has 1 N–H and O–H groups in total. The minimum absolute atomic E-state index is 0.339. The highest BCUT2D eigenvalue weighted by atomic mass is 32.2. The molecule has 0 amide bonds. The Balaban J connectivity index is 1.74. The minimum Gasteiger partial charge on any atom is -0.494 e. The van der Waals surface area contributed by atoms with Gasteiger partial charge in [-0.3, -0.25) is 4.90 Å². The topological polar surface area (TPSA) is 68.2 Å². The van der Waals surface area contributed by atoms with E-state index in [1.165, 1.54) is 5.56 Å². The van der Waals surface area contributed by atoms with E-state index in [2.05, 4.69) is 23.1 Å². The molecule has 1 fully saturated rings. The Labute approximate surface area is 175 Å². The van der Waals surface area contributed by atoms with Crippen LogP contribution in [0.15, 0.2) is 46.2 Å². The average molecular weight is 418 g/mol. The van der Waals surface area contributed by atoms with Crippen LogP contribution in [0, 0.1) is 6.92 Å². The second-order valence-electron chi connectivity index (χ2n) is 6.85. The highest BCUT2D eigenvalue weighted by Crippen LogP contribution is 2.34. The van der Waals surface area contributed by atoms with Crippen molar-refractivity contribution in [2.45, 2.75) is 30.2 Å². The number of benzene rings is 2. The molecule has 7 heteroatoms. The average Bonchev–Trinajstić information content (AvgIpc) is 2.68. The van der Waals surface area contributed by atoms with Gasteiger partial charge in [0.1, 0.15) is 11.5 Å². The molecule has 0 radical (unpaired) electrons. The number of nitrogens with zero attached hydrogens (tertiary/aromatic N) is 1. The maximum Gasteiger partial charge on any atom is 0.341 e. The third-order valence-corrected chi connectivity index (χ3v) is 5.46. The van der Waals surface area contributed by atoms with Crippen LogP contribution in [-0.4, -0.2) is 55.5 Å². The lowest BCUT2D eigenvalue weighted by molar-refractivity contribution is -0.139. The van der Waals surface area contributed by atoms with Gasteiger partial charge in [-0.1, -0.05) is 11.8 Å². The molecule has 0 aliphatic carbocycles. The standard InChI is InChI=1S/C22H27NO5S/c1-3-27-18-11-17(14-23-6-8-26-9-7-23)12-20(13-18)29-19-4-5-21(16(2)10-19)28-15-22(24)25/h4-5,10-13H,3,6-9,14-15H2,1-2H3,(H,24,25). The van der Waals surface area contributed by atoms with E-state index in [0.717, 1.165) is 54.0 Å². The number of aryl methyl sites for hydroxylation is 1. The van der Waals surface area contributed by atoms with Crippen molar-refractivity contribution in [3.8, 4) is 11.5 Å². The summed E-state index contributed by atoms with van der Waals surface area (Å²) in [5.41, 5.74) is 2.13. The molecule has 1 saturated heterocycles. The summed E-state index contributed by atoms with van der Waals surface area (Å²) in [7, 11) is 0. The smallest absolute Gasteiger partial charge is 0.341 e. The van der Waals surface area contributed by atoms with Crippen LogP contribution in [-0.2, 0) is 16.1 Å². The summed E-state index contributed by atoms with van der Waals surface area (Å²) in [6.07, 6.45) is 0. The van der Waals surface area contributed by atoms with E-state index in [9.17, 15) is 4.79 Å². The number of aliphatic carboxylic acids is 1. The molecule has 1 aliphatic heterocycles. The quantitative estimate of drug-likeness (QED) is 0.665. The maximum atomic E-state index is 10.7. The zero-order valence-corrected chi connectivity index (χ0v) is 17.7. The fourth-order valence-corrected chi connectivity index (χ4v) is 4.20. The molecule has 3 rings (SSSR count). The van der Waals surface area contributed by atoms with E-state index < -0.39 is 5.97 Å². The fourth-order valence-electron chi connectivity index (χ4n) is 3.17. The summed E-state index contributed by atoms with van der Waals surface area (Å²) < 4.78 is 16.5. The van der Waals surface area contributed by atoms with E-state index in [-0.39, 0.29) is 6.61 Å². The van der Waals surface area contributed by atoms with Crippen molar-refractivity contribution in [2.75, 3.05) is 39.5 Å². The van der Waals surface area contributed by atoms with Crippen LogP contribution < -0.4 is 9.47 Å². The molecule has 0 spiro atoms. The molecule has 2 aromatic rings. The van der Waals surface area contributed by atoms with Crippen molar-refractivity contribution in [1.82, 2.24) is 4.90 Å². The zero-order chi connectivity index (χ0) is 20.6. The summed E-state index contributed by atoms with van der Waals surface area (Å²) in [6.45, 7) is 8.51. The lowest BCUT2D eigenvalue weighted by Crippen LogP contribution is -2.35. The molecule has 2 aromatic carbocycles. The number of carboxylic acids is 1. The normalized spacial score (nSPS) is 14.6. The van der Waals surface area contributed by atoms with Crippen LogP contribution in [0.5, 0.6) is 11.5 Å². The van der Waals surface area contributed by atoms with Crippen LogP contribution in [0.2, 0.25) is 0 Å².